The minimum absolute atomic E-state index is 0.175. The molecule has 1 heterocycles. The van der Waals surface area contributed by atoms with E-state index >= 15 is 0 Å². The summed E-state index contributed by atoms with van der Waals surface area (Å²) < 4.78 is 15.1. The van der Waals surface area contributed by atoms with Gasteiger partial charge >= 0.3 is 5.97 Å². The molecule has 0 saturated heterocycles. The zero-order valence-corrected chi connectivity index (χ0v) is 13.3. The minimum atomic E-state index is -0.667. The molecule has 2 rings (SSSR count). The number of methoxy groups -OCH3 is 2. The van der Waals surface area contributed by atoms with Crippen LogP contribution < -0.4 is 14.8 Å². The number of esters is 1. The van der Waals surface area contributed by atoms with E-state index in [1.165, 1.54) is 26.5 Å². The molecule has 0 radical (unpaired) electrons. The third-order valence-corrected chi connectivity index (χ3v) is 3.09. The predicted octanol–water partition coefficient (Wildman–Crippen LogP) is 2.48. The fourth-order valence-corrected chi connectivity index (χ4v) is 1.97. The van der Waals surface area contributed by atoms with Crippen LogP contribution in [0.4, 0.5) is 5.69 Å². The van der Waals surface area contributed by atoms with Gasteiger partial charge in [0, 0.05) is 18.0 Å². The lowest BCUT2D eigenvalue weighted by molar-refractivity contribution is -0.119. The molecule has 8 heteroatoms. The van der Waals surface area contributed by atoms with Gasteiger partial charge in [-0.3, -0.25) is 4.79 Å². The molecule has 7 nitrogen and oxygen atoms in total. The zero-order chi connectivity index (χ0) is 16.8. The van der Waals surface area contributed by atoms with Crippen molar-refractivity contribution in [1.29, 1.82) is 0 Å². The van der Waals surface area contributed by atoms with Crippen molar-refractivity contribution < 1.29 is 23.8 Å². The molecule has 0 unspecified atom stereocenters. The third kappa shape index (κ3) is 4.40. The second kappa shape index (κ2) is 7.55. The number of carbonyl (C=O) groups is 2. The highest BCUT2D eigenvalue weighted by atomic mass is 35.5. The molecule has 122 valence electrons. The van der Waals surface area contributed by atoms with Crippen LogP contribution >= 0.6 is 11.6 Å². The van der Waals surface area contributed by atoms with Crippen molar-refractivity contribution in [2.75, 3.05) is 26.1 Å². The van der Waals surface area contributed by atoms with Crippen LogP contribution in [0.2, 0.25) is 5.02 Å². The molecule has 23 heavy (non-hydrogen) atoms. The highest BCUT2D eigenvalue weighted by Gasteiger charge is 2.13. The van der Waals surface area contributed by atoms with E-state index in [2.05, 4.69) is 10.3 Å². The van der Waals surface area contributed by atoms with Crippen molar-refractivity contribution in [3.63, 3.8) is 0 Å². The van der Waals surface area contributed by atoms with Crippen molar-refractivity contribution >= 4 is 29.2 Å². The van der Waals surface area contributed by atoms with Crippen molar-refractivity contribution in [3.8, 4) is 11.5 Å². The Hall–Kier alpha value is -2.67. The van der Waals surface area contributed by atoms with Gasteiger partial charge in [0.05, 0.1) is 19.2 Å². The molecule has 0 aliphatic rings. The van der Waals surface area contributed by atoms with Crippen molar-refractivity contribution in [1.82, 2.24) is 4.98 Å². The summed E-state index contributed by atoms with van der Waals surface area (Å²) in [6.07, 6.45) is 1.45. The number of amides is 1. The maximum absolute atomic E-state index is 11.8. The first-order chi connectivity index (χ1) is 11.0. The Morgan fingerprint density at radius 1 is 1.17 bits per heavy atom. The number of nitrogens with one attached hydrogen (secondary N) is 2. The van der Waals surface area contributed by atoms with Gasteiger partial charge in [0.2, 0.25) is 0 Å². The summed E-state index contributed by atoms with van der Waals surface area (Å²) >= 11 is 5.69. The van der Waals surface area contributed by atoms with Gasteiger partial charge in [0.15, 0.2) is 18.1 Å². The Morgan fingerprint density at radius 3 is 2.52 bits per heavy atom. The highest BCUT2D eigenvalue weighted by molar-refractivity contribution is 6.30. The molecule has 1 aromatic heterocycles. The van der Waals surface area contributed by atoms with Crippen molar-refractivity contribution in [2.24, 2.45) is 0 Å². The summed E-state index contributed by atoms with van der Waals surface area (Å²) in [7, 11) is 3.01. The molecular formula is C15H15ClN2O5. The fraction of sp³-hybridized carbons (Fsp3) is 0.200. The van der Waals surface area contributed by atoms with Crippen LogP contribution in [-0.4, -0.2) is 37.7 Å². The zero-order valence-electron chi connectivity index (χ0n) is 12.5. The molecule has 0 spiro atoms. The molecule has 0 aliphatic heterocycles. The molecule has 0 atom stereocenters. The van der Waals surface area contributed by atoms with Gasteiger partial charge in [-0.1, -0.05) is 11.6 Å². The predicted molar refractivity (Wildman–Crippen MR) is 84.3 cm³/mol. The standard InChI is InChI=1S/C15H15ClN2O5/c1-21-12-4-3-10(6-13(12)22-2)18-14(19)8-23-15(20)11-5-9(16)7-17-11/h3-7,17H,8H2,1-2H3,(H,18,19). The normalized spacial score (nSPS) is 10.0. The summed E-state index contributed by atoms with van der Waals surface area (Å²) in [4.78, 5) is 26.1. The second-order valence-corrected chi connectivity index (χ2v) is 4.86. The number of H-pyrrole nitrogens is 1. The molecule has 2 N–H and O–H groups in total. The van der Waals surface area contributed by atoms with Crippen molar-refractivity contribution in [2.45, 2.75) is 0 Å². The Morgan fingerprint density at radius 2 is 1.91 bits per heavy atom. The lowest BCUT2D eigenvalue weighted by atomic mass is 10.2. The fourth-order valence-electron chi connectivity index (χ4n) is 1.81. The van der Waals surface area contributed by atoms with E-state index in [-0.39, 0.29) is 5.69 Å². The van der Waals surface area contributed by atoms with E-state index in [4.69, 9.17) is 25.8 Å². The Labute approximate surface area is 137 Å². The quantitative estimate of drug-likeness (QED) is 0.790. The van der Waals surface area contributed by atoms with E-state index in [0.717, 1.165) is 0 Å². The Bertz CT molecular complexity index is 714. The van der Waals surface area contributed by atoms with Gasteiger partial charge in [-0.15, -0.1) is 0 Å². The summed E-state index contributed by atoms with van der Waals surface area (Å²) in [6.45, 7) is -0.427. The average Bonchev–Trinajstić information content (AvgIpc) is 2.99. The largest absolute Gasteiger partial charge is 0.493 e. The highest BCUT2D eigenvalue weighted by Crippen LogP contribution is 2.29. The number of halogens is 1. The lowest BCUT2D eigenvalue weighted by Crippen LogP contribution is -2.21. The molecule has 1 aromatic carbocycles. The Balaban J connectivity index is 1.91. The van der Waals surface area contributed by atoms with E-state index in [1.807, 2.05) is 0 Å². The first kappa shape index (κ1) is 16.7. The third-order valence-electron chi connectivity index (χ3n) is 2.87. The second-order valence-electron chi connectivity index (χ2n) is 4.43. The number of hydrogen-bond acceptors (Lipinski definition) is 5. The summed E-state index contributed by atoms with van der Waals surface area (Å²) in [5.74, 6) is -0.133. The van der Waals surface area contributed by atoms with Gasteiger partial charge in [0.1, 0.15) is 5.69 Å². The summed E-state index contributed by atoms with van der Waals surface area (Å²) in [6, 6.07) is 6.31. The van der Waals surface area contributed by atoms with Crippen LogP contribution in [0, 0.1) is 0 Å². The van der Waals surface area contributed by atoms with Crippen LogP contribution in [0.25, 0.3) is 0 Å². The van der Waals surface area contributed by atoms with Crippen LogP contribution in [0.1, 0.15) is 10.5 Å². The molecular weight excluding hydrogens is 324 g/mol. The van der Waals surface area contributed by atoms with Gasteiger partial charge in [-0.05, 0) is 18.2 Å². The molecule has 2 aromatic rings. The van der Waals surface area contributed by atoms with E-state index < -0.39 is 18.5 Å². The van der Waals surface area contributed by atoms with Gasteiger partial charge in [-0.25, -0.2) is 4.79 Å². The van der Waals surface area contributed by atoms with Crippen LogP contribution in [0.15, 0.2) is 30.5 Å². The Kier molecular flexibility index (Phi) is 5.48. The SMILES string of the molecule is COc1ccc(NC(=O)COC(=O)c2cc(Cl)c[nH]2)cc1OC. The van der Waals surface area contributed by atoms with Crippen LogP contribution in [0.5, 0.6) is 11.5 Å². The summed E-state index contributed by atoms with van der Waals surface area (Å²) in [5, 5.41) is 2.97. The molecule has 1 amide bonds. The van der Waals surface area contributed by atoms with E-state index in [9.17, 15) is 9.59 Å². The number of benzene rings is 1. The summed E-state index contributed by atoms with van der Waals surface area (Å²) in [5.41, 5.74) is 0.667. The van der Waals surface area contributed by atoms with Gasteiger partial charge < -0.3 is 24.5 Å². The molecule has 0 aliphatic carbocycles. The topological polar surface area (TPSA) is 89.6 Å². The number of aromatic nitrogens is 1. The first-order valence-corrected chi connectivity index (χ1v) is 6.94. The first-order valence-electron chi connectivity index (χ1n) is 6.56. The number of aromatic amines is 1. The number of carbonyl (C=O) groups excluding carboxylic acids is 2. The van der Waals surface area contributed by atoms with Crippen LogP contribution in [-0.2, 0) is 9.53 Å². The molecule has 0 saturated carbocycles. The molecule has 0 fully saturated rings. The minimum Gasteiger partial charge on any atom is -0.493 e. The average molecular weight is 339 g/mol. The maximum atomic E-state index is 11.8. The van der Waals surface area contributed by atoms with E-state index in [0.29, 0.717) is 22.2 Å². The smallest absolute Gasteiger partial charge is 0.355 e. The van der Waals surface area contributed by atoms with Crippen molar-refractivity contribution in [3.05, 3.63) is 41.2 Å². The van der Waals surface area contributed by atoms with E-state index in [1.54, 1.807) is 18.2 Å². The molecule has 0 bridgehead atoms. The lowest BCUT2D eigenvalue weighted by Gasteiger charge is -2.10. The number of rotatable bonds is 6. The number of hydrogen-bond donors (Lipinski definition) is 2. The van der Waals surface area contributed by atoms with Gasteiger partial charge in [-0.2, -0.15) is 0 Å². The van der Waals surface area contributed by atoms with Crippen LogP contribution in [0.3, 0.4) is 0 Å². The number of ether oxygens (including phenoxy) is 3. The van der Waals surface area contributed by atoms with Gasteiger partial charge in [0.25, 0.3) is 5.91 Å². The monoisotopic (exact) mass is 338 g/mol. The number of anilines is 1. The maximum Gasteiger partial charge on any atom is 0.355 e.